The van der Waals surface area contributed by atoms with Crippen LogP contribution in [0.3, 0.4) is 0 Å². The zero-order valence-corrected chi connectivity index (χ0v) is 18.7. The van der Waals surface area contributed by atoms with Gasteiger partial charge in [0.2, 0.25) is 11.8 Å². The number of hydrogen-bond acceptors (Lipinski definition) is 5. The van der Waals surface area contributed by atoms with E-state index >= 15 is 0 Å². The van der Waals surface area contributed by atoms with Gasteiger partial charge < -0.3 is 20.3 Å². The molecular formula is C23H31N3O5. The van der Waals surface area contributed by atoms with Crippen LogP contribution < -0.4 is 10.6 Å². The summed E-state index contributed by atoms with van der Waals surface area (Å²) in [6, 6.07) is 5.49. The number of likely N-dealkylation sites (tertiary alicyclic amines) is 1. The maximum Gasteiger partial charge on any atom is 0.251 e. The van der Waals surface area contributed by atoms with Gasteiger partial charge in [0.05, 0.1) is 6.10 Å². The molecule has 2 saturated heterocycles. The number of Topliss-reactive ketones (excluding diaryl/α,β-unsaturated/α-hetero) is 1. The molecule has 0 spiro atoms. The molecule has 8 heteroatoms. The van der Waals surface area contributed by atoms with Gasteiger partial charge in [0, 0.05) is 31.5 Å². The summed E-state index contributed by atoms with van der Waals surface area (Å²) < 4.78 is 5.59. The van der Waals surface area contributed by atoms with Crippen molar-refractivity contribution in [2.24, 2.45) is 11.3 Å². The van der Waals surface area contributed by atoms with Gasteiger partial charge in [-0.15, -0.1) is 0 Å². The van der Waals surface area contributed by atoms with Crippen molar-refractivity contribution in [3.05, 3.63) is 35.4 Å². The van der Waals surface area contributed by atoms with Crippen LogP contribution in [0.5, 0.6) is 0 Å². The number of carbonyl (C=O) groups excluding carboxylic acids is 4. The number of fused-ring (bicyclic) bond motifs is 1. The molecule has 1 aromatic carbocycles. The lowest BCUT2D eigenvalue weighted by atomic mass is 9.85. The van der Waals surface area contributed by atoms with Crippen LogP contribution in [0.25, 0.3) is 0 Å². The van der Waals surface area contributed by atoms with Crippen LogP contribution in [-0.2, 0) is 25.7 Å². The minimum atomic E-state index is -0.793. The summed E-state index contributed by atoms with van der Waals surface area (Å²) in [6.07, 6.45) is -0.274. The van der Waals surface area contributed by atoms with Crippen molar-refractivity contribution in [1.82, 2.24) is 15.5 Å². The molecule has 8 nitrogen and oxygen atoms in total. The first-order valence-electron chi connectivity index (χ1n) is 10.6. The standard InChI is InChI=1S/C23H31N3O5/c1-13-11-26(18-17(28)12-31-19(13)18)22(30)20(23(3,4)5)25-21(29)16-8-6-15(7-9-16)10-24-14(2)27/h6-9,13,18-20H,10-12H2,1-5H3,(H,24,27)(H,25,29)/t13-,18+,19+,20+/m0/s1. The molecule has 2 heterocycles. The van der Waals surface area contributed by atoms with Crippen molar-refractivity contribution in [1.29, 1.82) is 0 Å². The second-order valence-electron chi connectivity index (χ2n) is 9.53. The van der Waals surface area contributed by atoms with Gasteiger partial charge in [-0.1, -0.05) is 39.8 Å². The minimum Gasteiger partial charge on any atom is -0.367 e. The quantitative estimate of drug-likeness (QED) is 0.734. The van der Waals surface area contributed by atoms with Crippen molar-refractivity contribution in [3.8, 4) is 0 Å². The van der Waals surface area contributed by atoms with Crippen molar-refractivity contribution in [2.75, 3.05) is 13.2 Å². The van der Waals surface area contributed by atoms with Gasteiger partial charge in [-0.3, -0.25) is 19.2 Å². The number of carbonyl (C=O) groups is 4. The Morgan fingerprint density at radius 3 is 2.42 bits per heavy atom. The predicted molar refractivity (Wildman–Crippen MR) is 114 cm³/mol. The molecule has 4 atom stereocenters. The number of rotatable bonds is 5. The number of amides is 3. The lowest BCUT2D eigenvalue weighted by Gasteiger charge is -2.35. The lowest BCUT2D eigenvalue weighted by molar-refractivity contribution is -0.140. The first kappa shape index (κ1) is 22.9. The van der Waals surface area contributed by atoms with Crippen LogP contribution in [0.4, 0.5) is 0 Å². The van der Waals surface area contributed by atoms with E-state index < -0.39 is 17.5 Å². The zero-order valence-electron chi connectivity index (χ0n) is 18.7. The van der Waals surface area contributed by atoms with Crippen molar-refractivity contribution < 1.29 is 23.9 Å². The van der Waals surface area contributed by atoms with Crippen molar-refractivity contribution in [3.63, 3.8) is 0 Å². The Bertz CT molecular complexity index is 874. The molecule has 2 fully saturated rings. The molecule has 31 heavy (non-hydrogen) atoms. The van der Waals surface area contributed by atoms with E-state index in [0.29, 0.717) is 18.7 Å². The van der Waals surface area contributed by atoms with E-state index in [1.807, 2.05) is 27.7 Å². The van der Waals surface area contributed by atoms with E-state index in [2.05, 4.69) is 10.6 Å². The first-order chi connectivity index (χ1) is 14.5. The van der Waals surface area contributed by atoms with Gasteiger partial charge in [-0.25, -0.2) is 0 Å². The molecule has 0 radical (unpaired) electrons. The molecule has 2 aliphatic heterocycles. The fourth-order valence-corrected chi connectivity index (χ4v) is 4.15. The summed E-state index contributed by atoms with van der Waals surface area (Å²) in [5, 5.41) is 5.58. The van der Waals surface area contributed by atoms with Gasteiger partial charge >= 0.3 is 0 Å². The van der Waals surface area contributed by atoms with E-state index in [0.717, 1.165) is 5.56 Å². The third-order valence-corrected chi connectivity index (χ3v) is 5.87. The smallest absolute Gasteiger partial charge is 0.251 e. The average molecular weight is 430 g/mol. The Morgan fingerprint density at radius 1 is 1.19 bits per heavy atom. The molecule has 0 bridgehead atoms. The van der Waals surface area contributed by atoms with Crippen molar-refractivity contribution >= 4 is 23.5 Å². The summed E-state index contributed by atoms with van der Waals surface area (Å²) in [4.78, 5) is 51.3. The second-order valence-corrected chi connectivity index (χ2v) is 9.53. The maximum atomic E-state index is 13.5. The molecule has 1 aromatic rings. The summed E-state index contributed by atoms with van der Waals surface area (Å²) in [7, 11) is 0. The van der Waals surface area contributed by atoms with Gasteiger partial charge in [-0.05, 0) is 23.1 Å². The highest BCUT2D eigenvalue weighted by molar-refractivity contribution is 5.99. The third-order valence-electron chi connectivity index (χ3n) is 5.87. The second kappa shape index (κ2) is 8.78. The normalized spacial score (nSPS) is 24.0. The number of ketones is 1. The van der Waals surface area contributed by atoms with Gasteiger partial charge in [0.25, 0.3) is 5.91 Å². The lowest BCUT2D eigenvalue weighted by Crippen LogP contribution is -2.57. The van der Waals surface area contributed by atoms with E-state index in [-0.39, 0.29) is 42.1 Å². The zero-order chi connectivity index (χ0) is 22.9. The monoisotopic (exact) mass is 429 g/mol. The molecule has 2 aliphatic rings. The van der Waals surface area contributed by atoms with Gasteiger partial charge in [0.15, 0.2) is 5.78 Å². The summed E-state index contributed by atoms with van der Waals surface area (Å²) in [6.45, 7) is 9.91. The molecule has 0 aromatic heterocycles. The van der Waals surface area contributed by atoms with E-state index in [4.69, 9.17) is 4.74 Å². The molecule has 2 N–H and O–H groups in total. The highest BCUT2D eigenvalue weighted by Crippen LogP contribution is 2.33. The minimum absolute atomic E-state index is 0.0286. The summed E-state index contributed by atoms with van der Waals surface area (Å²) >= 11 is 0. The molecular weight excluding hydrogens is 398 g/mol. The van der Waals surface area contributed by atoms with Crippen molar-refractivity contribution in [2.45, 2.75) is 59.4 Å². The van der Waals surface area contributed by atoms with E-state index in [1.54, 1.807) is 29.2 Å². The Kier molecular flexibility index (Phi) is 6.50. The van der Waals surface area contributed by atoms with E-state index in [1.165, 1.54) is 6.92 Å². The van der Waals surface area contributed by atoms with Crippen LogP contribution in [-0.4, -0.2) is 59.7 Å². The third kappa shape index (κ3) is 4.95. The molecule has 0 aliphatic carbocycles. The number of ether oxygens (including phenoxy) is 1. The molecule has 3 rings (SSSR count). The maximum absolute atomic E-state index is 13.5. The average Bonchev–Trinajstić information content (AvgIpc) is 3.24. The number of benzene rings is 1. The molecule has 3 amide bonds. The predicted octanol–water partition coefficient (Wildman–Crippen LogP) is 1.28. The summed E-state index contributed by atoms with van der Waals surface area (Å²) in [5.41, 5.74) is 0.732. The fraction of sp³-hybridized carbons (Fsp3) is 0.565. The highest BCUT2D eigenvalue weighted by Gasteiger charge is 2.52. The van der Waals surface area contributed by atoms with E-state index in [9.17, 15) is 19.2 Å². The Morgan fingerprint density at radius 2 is 1.84 bits per heavy atom. The largest absolute Gasteiger partial charge is 0.367 e. The fourth-order valence-electron chi connectivity index (χ4n) is 4.15. The number of hydrogen-bond donors (Lipinski definition) is 2. The SMILES string of the molecule is CC(=O)NCc1ccc(C(=O)N[C@H](C(=O)N2C[C@H](C)[C@H]3OCC(=O)[C@H]32)C(C)(C)C)cc1. The summed E-state index contributed by atoms with van der Waals surface area (Å²) in [5.74, 6) is -0.777. The Balaban J connectivity index is 1.74. The van der Waals surface area contributed by atoms with Crippen LogP contribution in [0, 0.1) is 11.3 Å². The van der Waals surface area contributed by atoms with Gasteiger partial charge in [-0.2, -0.15) is 0 Å². The highest BCUT2D eigenvalue weighted by atomic mass is 16.5. The first-order valence-corrected chi connectivity index (χ1v) is 10.6. The topological polar surface area (TPSA) is 105 Å². The molecule has 0 saturated carbocycles. The Hall–Kier alpha value is -2.74. The molecule has 0 unspecified atom stereocenters. The van der Waals surface area contributed by atoms with Crippen LogP contribution >= 0.6 is 0 Å². The Labute approximate surface area is 182 Å². The van der Waals surface area contributed by atoms with Crippen LogP contribution in [0.2, 0.25) is 0 Å². The number of nitrogens with zero attached hydrogens (tertiary/aromatic N) is 1. The van der Waals surface area contributed by atoms with Crippen LogP contribution in [0.15, 0.2) is 24.3 Å². The number of nitrogens with one attached hydrogen (secondary N) is 2. The van der Waals surface area contributed by atoms with Crippen LogP contribution in [0.1, 0.15) is 50.5 Å². The molecule has 168 valence electrons. The van der Waals surface area contributed by atoms with Gasteiger partial charge in [0.1, 0.15) is 18.7 Å².